The summed E-state index contributed by atoms with van der Waals surface area (Å²) in [6, 6.07) is 7.99. The average Bonchev–Trinajstić information content (AvgIpc) is 2.54. The van der Waals surface area contributed by atoms with Crippen LogP contribution in [0.1, 0.15) is 18.3 Å². The maximum atomic E-state index is 12.1. The van der Waals surface area contributed by atoms with Crippen LogP contribution in [0.2, 0.25) is 0 Å². The first-order valence-corrected chi connectivity index (χ1v) is 8.31. The first kappa shape index (κ1) is 18.0. The lowest BCUT2D eigenvalue weighted by Crippen LogP contribution is -2.19. The van der Waals surface area contributed by atoms with Crippen molar-refractivity contribution in [3.05, 3.63) is 35.7 Å². The van der Waals surface area contributed by atoms with Crippen LogP contribution in [0, 0.1) is 6.92 Å². The molecular weight excluding hydrogens is 326 g/mol. The first-order valence-electron chi connectivity index (χ1n) is 7.43. The molecule has 128 valence electrons. The molecule has 0 radical (unpaired) electrons. The highest BCUT2D eigenvalue weighted by Crippen LogP contribution is 2.24. The third-order valence-electron chi connectivity index (χ3n) is 3.10. The molecule has 0 saturated carbocycles. The van der Waals surface area contributed by atoms with Crippen molar-refractivity contribution in [3.63, 3.8) is 0 Å². The van der Waals surface area contributed by atoms with E-state index in [1.165, 1.54) is 17.3 Å². The van der Waals surface area contributed by atoms with E-state index in [0.717, 1.165) is 4.90 Å². The van der Waals surface area contributed by atoms with E-state index >= 15 is 0 Å². The van der Waals surface area contributed by atoms with Crippen LogP contribution in [0.3, 0.4) is 0 Å². The number of esters is 1. The Hall–Kier alpha value is -2.35. The predicted octanol–water partition coefficient (Wildman–Crippen LogP) is 2.05. The van der Waals surface area contributed by atoms with Crippen molar-refractivity contribution < 1.29 is 9.53 Å². The normalized spacial score (nSPS) is 11.8. The molecule has 0 aliphatic carbocycles. The quantitative estimate of drug-likeness (QED) is 0.627. The van der Waals surface area contributed by atoms with Gasteiger partial charge in [-0.1, -0.05) is 17.7 Å². The Kier molecular flexibility index (Phi) is 5.97. The summed E-state index contributed by atoms with van der Waals surface area (Å²) in [5.74, 6) is 0.524. The van der Waals surface area contributed by atoms with Gasteiger partial charge in [-0.25, -0.2) is 0 Å². The maximum absolute atomic E-state index is 12.1. The highest BCUT2D eigenvalue weighted by molar-refractivity contribution is 8.00. The molecule has 8 heteroatoms. The molecule has 0 spiro atoms. The summed E-state index contributed by atoms with van der Waals surface area (Å²) in [5.41, 5.74) is 6.82. The summed E-state index contributed by atoms with van der Waals surface area (Å²) in [6.07, 6.45) is 0. The molecule has 0 saturated heterocycles. The fourth-order valence-corrected chi connectivity index (χ4v) is 2.68. The van der Waals surface area contributed by atoms with E-state index in [1.54, 1.807) is 25.9 Å². The van der Waals surface area contributed by atoms with E-state index in [2.05, 4.69) is 15.0 Å². The lowest BCUT2D eigenvalue weighted by atomic mass is 10.2. The van der Waals surface area contributed by atoms with Gasteiger partial charge in [-0.3, -0.25) is 4.79 Å². The second-order valence-corrected chi connectivity index (χ2v) is 6.90. The fourth-order valence-electron chi connectivity index (χ4n) is 1.81. The monoisotopic (exact) mass is 347 g/mol. The van der Waals surface area contributed by atoms with Gasteiger partial charge in [0, 0.05) is 19.0 Å². The Labute approximate surface area is 145 Å². The number of hydrogen-bond donors (Lipinski definition) is 1. The molecule has 24 heavy (non-hydrogen) atoms. The molecule has 2 aromatic rings. The minimum absolute atomic E-state index is 0.0365. The lowest BCUT2D eigenvalue weighted by molar-refractivity contribution is -0.144. The van der Waals surface area contributed by atoms with Crippen molar-refractivity contribution in [3.8, 4) is 0 Å². The molecule has 1 aromatic heterocycles. The van der Waals surface area contributed by atoms with Gasteiger partial charge in [0.1, 0.15) is 5.25 Å². The number of aromatic nitrogens is 3. The molecule has 1 unspecified atom stereocenters. The second-order valence-electron chi connectivity index (χ2n) is 5.49. The lowest BCUT2D eigenvalue weighted by Gasteiger charge is -2.13. The third-order valence-corrected chi connectivity index (χ3v) is 4.19. The van der Waals surface area contributed by atoms with Crippen molar-refractivity contribution >= 4 is 29.6 Å². The Morgan fingerprint density at radius 1 is 1.25 bits per heavy atom. The molecule has 0 bridgehead atoms. The van der Waals surface area contributed by atoms with Crippen LogP contribution < -0.4 is 10.6 Å². The number of anilines is 2. The van der Waals surface area contributed by atoms with Crippen molar-refractivity contribution in [1.29, 1.82) is 0 Å². The highest BCUT2D eigenvalue weighted by atomic mass is 32.2. The summed E-state index contributed by atoms with van der Waals surface area (Å²) >= 11 is 1.45. The number of nitrogens with two attached hydrogens (primary N) is 1. The summed E-state index contributed by atoms with van der Waals surface area (Å²) in [5, 5.41) is -0.333. The van der Waals surface area contributed by atoms with Crippen molar-refractivity contribution in [1.82, 2.24) is 15.0 Å². The van der Waals surface area contributed by atoms with Crippen LogP contribution in [0.25, 0.3) is 0 Å². The molecule has 1 heterocycles. The predicted molar refractivity (Wildman–Crippen MR) is 94.9 cm³/mol. The number of hydrogen-bond acceptors (Lipinski definition) is 8. The van der Waals surface area contributed by atoms with Gasteiger partial charge in [0.15, 0.2) is 12.4 Å². The average molecular weight is 347 g/mol. The zero-order valence-electron chi connectivity index (χ0n) is 14.2. The van der Waals surface area contributed by atoms with Crippen LogP contribution >= 0.6 is 11.8 Å². The third kappa shape index (κ3) is 5.09. The summed E-state index contributed by atoms with van der Waals surface area (Å²) in [7, 11) is 3.59. The van der Waals surface area contributed by atoms with E-state index in [1.807, 2.05) is 31.2 Å². The summed E-state index contributed by atoms with van der Waals surface area (Å²) < 4.78 is 5.29. The number of nitrogens with zero attached hydrogens (tertiary/aromatic N) is 4. The molecule has 1 atom stereocenters. The van der Waals surface area contributed by atoms with E-state index in [-0.39, 0.29) is 23.8 Å². The zero-order chi connectivity index (χ0) is 17.7. The Balaban J connectivity index is 1.93. The Bertz CT molecular complexity index is 706. The molecule has 0 fully saturated rings. The number of aryl methyl sites for hydroxylation is 1. The molecule has 2 N–H and O–H groups in total. The van der Waals surface area contributed by atoms with E-state index < -0.39 is 0 Å². The van der Waals surface area contributed by atoms with Gasteiger partial charge in [-0.2, -0.15) is 15.0 Å². The van der Waals surface area contributed by atoms with Crippen LogP contribution in [-0.4, -0.2) is 40.3 Å². The number of benzene rings is 1. The van der Waals surface area contributed by atoms with Gasteiger partial charge in [0.25, 0.3) is 0 Å². The molecule has 7 nitrogen and oxygen atoms in total. The Morgan fingerprint density at radius 2 is 1.92 bits per heavy atom. The number of thioether (sulfide) groups is 1. The van der Waals surface area contributed by atoms with Crippen LogP contribution in [0.4, 0.5) is 11.9 Å². The van der Waals surface area contributed by atoms with Crippen LogP contribution in [0.15, 0.2) is 29.2 Å². The highest BCUT2D eigenvalue weighted by Gasteiger charge is 2.17. The molecule has 0 aliphatic heterocycles. The van der Waals surface area contributed by atoms with Gasteiger partial charge in [-0.15, -0.1) is 11.8 Å². The van der Waals surface area contributed by atoms with E-state index in [9.17, 15) is 4.79 Å². The molecule has 2 rings (SSSR count). The zero-order valence-corrected chi connectivity index (χ0v) is 15.0. The molecule has 0 amide bonds. The maximum Gasteiger partial charge on any atom is 0.319 e. The number of carbonyl (C=O) groups excluding carboxylic acids is 1. The number of nitrogen functional groups attached to an aromatic ring is 1. The second kappa shape index (κ2) is 7.96. The topological polar surface area (TPSA) is 94.2 Å². The van der Waals surface area contributed by atoms with Gasteiger partial charge in [0.2, 0.25) is 11.9 Å². The van der Waals surface area contributed by atoms with Crippen molar-refractivity contribution in [2.24, 2.45) is 0 Å². The molecular formula is C16H21N5O2S. The Morgan fingerprint density at radius 3 is 2.54 bits per heavy atom. The largest absolute Gasteiger partial charge is 0.457 e. The first-order chi connectivity index (χ1) is 11.3. The number of carbonyl (C=O) groups is 1. The van der Waals surface area contributed by atoms with Gasteiger partial charge in [0.05, 0.1) is 0 Å². The van der Waals surface area contributed by atoms with Crippen molar-refractivity contribution in [2.45, 2.75) is 30.6 Å². The van der Waals surface area contributed by atoms with Gasteiger partial charge < -0.3 is 15.4 Å². The smallest absolute Gasteiger partial charge is 0.319 e. The fraction of sp³-hybridized carbons (Fsp3) is 0.375. The number of rotatable bonds is 6. The minimum Gasteiger partial charge on any atom is -0.457 e. The SMILES string of the molecule is Cc1ccc(SC(C)C(=O)OCc2nc(N)nc(N(C)C)n2)cc1. The van der Waals surface area contributed by atoms with Gasteiger partial charge in [-0.05, 0) is 26.0 Å². The minimum atomic E-state index is -0.333. The van der Waals surface area contributed by atoms with Crippen molar-refractivity contribution in [2.75, 3.05) is 24.7 Å². The molecule has 1 aromatic carbocycles. The van der Waals surface area contributed by atoms with Crippen LogP contribution in [-0.2, 0) is 16.1 Å². The van der Waals surface area contributed by atoms with E-state index in [4.69, 9.17) is 10.5 Å². The summed E-state index contributed by atoms with van der Waals surface area (Å²) in [4.78, 5) is 27.0. The van der Waals surface area contributed by atoms with Crippen LogP contribution in [0.5, 0.6) is 0 Å². The molecule has 0 aliphatic rings. The van der Waals surface area contributed by atoms with Gasteiger partial charge >= 0.3 is 5.97 Å². The van der Waals surface area contributed by atoms with E-state index in [0.29, 0.717) is 11.8 Å². The summed E-state index contributed by atoms with van der Waals surface area (Å²) in [6.45, 7) is 3.79. The number of ether oxygens (including phenoxy) is 1. The standard InChI is InChI=1S/C16H21N5O2S/c1-10-5-7-12(8-6-10)24-11(2)14(22)23-9-13-18-15(17)20-16(19-13)21(3)4/h5-8,11H,9H2,1-4H3,(H2,17,18,19,20).